The van der Waals surface area contributed by atoms with E-state index in [0.29, 0.717) is 11.3 Å². The van der Waals surface area contributed by atoms with E-state index in [-0.39, 0.29) is 21.8 Å². The summed E-state index contributed by atoms with van der Waals surface area (Å²) in [5, 5.41) is 2.67. The topological polar surface area (TPSA) is 128 Å². The van der Waals surface area contributed by atoms with Crippen molar-refractivity contribution in [2.24, 2.45) is 5.73 Å². The largest absolute Gasteiger partial charge is 0.495 e. The monoisotopic (exact) mass is 425 g/mol. The summed E-state index contributed by atoms with van der Waals surface area (Å²) in [6.45, 7) is 0. The van der Waals surface area contributed by atoms with Crippen molar-refractivity contribution in [1.82, 2.24) is 0 Å². The molecule has 4 N–H and O–H groups in total. The van der Waals surface area contributed by atoms with Gasteiger partial charge in [0.1, 0.15) is 5.75 Å². The molecule has 0 aliphatic carbocycles. The van der Waals surface area contributed by atoms with E-state index >= 15 is 0 Å². The first kappa shape index (κ1) is 20.9. The summed E-state index contributed by atoms with van der Waals surface area (Å²) in [5.41, 5.74) is 6.32. The van der Waals surface area contributed by atoms with Crippen LogP contribution in [0.25, 0.3) is 0 Å². The van der Waals surface area contributed by atoms with Gasteiger partial charge in [0.15, 0.2) is 0 Å². The maximum atomic E-state index is 12.8. The molecule has 30 heavy (non-hydrogen) atoms. The van der Waals surface area contributed by atoms with E-state index in [0.717, 1.165) is 0 Å². The van der Waals surface area contributed by atoms with Crippen LogP contribution >= 0.6 is 0 Å². The molecule has 154 valence electrons. The lowest BCUT2D eigenvalue weighted by molar-refractivity contribution is 0.0997. The Bertz CT molecular complexity index is 1180. The van der Waals surface area contributed by atoms with Gasteiger partial charge in [0.25, 0.3) is 15.9 Å². The van der Waals surface area contributed by atoms with E-state index in [1.807, 2.05) is 0 Å². The minimum atomic E-state index is -3.97. The third kappa shape index (κ3) is 4.76. The molecule has 3 aromatic rings. The molecular formula is C21H19N3O5S. The van der Waals surface area contributed by atoms with Crippen molar-refractivity contribution in [2.75, 3.05) is 17.1 Å². The second-order valence-electron chi connectivity index (χ2n) is 6.23. The first-order valence-electron chi connectivity index (χ1n) is 8.77. The second-order valence-corrected chi connectivity index (χ2v) is 7.91. The van der Waals surface area contributed by atoms with Crippen molar-refractivity contribution >= 4 is 33.2 Å². The summed E-state index contributed by atoms with van der Waals surface area (Å²) in [4.78, 5) is 23.5. The van der Waals surface area contributed by atoms with Gasteiger partial charge in [-0.05, 0) is 54.6 Å². The first-order chi connectivity index (χ1) is 14.3. The normalized spacial score (nSPS) is 10.8. The van der Waals surface area contributed by atoms with Gasteiger partial charge in [0, 0.05) is 16.8 Å². The van der Waals surface area contributed by atoms with Gasteiger partial charge in [-0.25, -0.2) is 8.42 Å². The average molecular weight is 425 g/mol. The zero-order valence-electron chi connectivity index (χ0n) is 16.0. The molecule has 0 aliphatic rings. The van der Waals surface area contributed by atoms with E-state index in [1.165, 1.54) is 49.6 Å². The van der Waals surface area contributed by atoms with Crippen molar-refractivity contribution in [2.45, 2.75) is 4.90 Å². The van der Waals surface area contributed by atoms with Crippen LogP contribution in [0.4, 0.5) is 11.4 Å². The van der Waals surface area contributed by atoms with E-state index in [2.05, 4.69) is 10.0 Å². The Kier molecular flexibility index (Phi) is 6.03. The quantitative estimate of drug-likeness (QED) is 0.536. The molecule has 3 aromatic carbocycles. The van der Waals surface area contributed by atoms with Crippen molar-refractivity contribution in [3.63, 3.8) is 0 Å². The molecule has 0 saturated carbocycles. The summed E-state index contributed by atoms with van der Waals surface area (Å²) >= 11 is 0. The number of carbonyl (C=O) groups excluding carboxylic acids is 2. The highest BCUT2D eigenvalue weighted by atomic mass is 32.2. The Hall–Kier alpha value is -3.85. The van der Waals surface area contributed by atoms with Gasteiger partial charge in [-0.1, -0.05) is 18.2 Å². The number of carbonyl (C=O) groups is 2. The number of nitrogens with two attached hydrogens (primary N) is 1. The van der Waals surface area contributed by atoms with Crippen LogP contribution in [0.3, 0.4) is 0 Å². The lowest BCUT2D eigenvalue weighted by Crippen LogP contribution is -2.16. The Morgan fingerprint density at radius 2 is 1.57 bits per heavy atom. The van der Waals surface area contributed by atoms with Crippen LogP contribution in [-0.2, 0) is 10.0 Å². The summed E-state index contributed by atoms with van der Waals surface area (Å²) < 4.78 is 33.2. The number of hydrogen-bond donors (Lipinski definition) is 3. The van der Waals surface area contributed by atoms with Crippen LogP contribution in [0.1, 0.15) is 20.7 Å². The van der Waals surface area contributed by atoms with Gasteiger partial charge >= 0.3 is 0 Å². The molecule has 0 atom stereocenters. The lowest BCUT2D eigenvalue weighted by Gasteiger charge is -2.13. The minimum Gasteiger partial charge on any atom is -0.495 e. The van der Waals surface area contributed by atoms with Crippen molar-refractivity contribution in [3.8, 4) is 5.75 Å². The van der Waals surface area contributed by atoms with Crippen LogP contribution in [0.2, 0.25) is 0 Å². The Balaban J connectivity index is 1.87. The summed E-state index contributed by atoms with van der Waals surface area (Å²) in [7, 11) is -2.55. The SMILES string of the molecule is COc1ccc(S(=O)(=O)Nc2ccc(C(N)=O)cc2)cc1NC(=O)c1ccccc1. The van der Waals surface area contributed by atoms with Gasteiger partial charge < -0.3 is 15.8 Å². The van der Waals surface area contributed by atoms with Gasteiger partial charge in [-0.3, -0.25) is 14.3 Å². The third-order valence-corrected chi connectivity index (χ3v) is 5.57. The summed E-state index contributed by atoms with van der Waals surface area (Å²) in [6, 6.07) is 18.3. The number of rotatable bonds is 7. The molecule has 8 nitrogen and oxygen atoms in total. The van der Waals surface area contributed by atoms with Crippen LogP contribution in [0, 0.1) is 0 Å². The molecule has 9 heteroatoms. The fourth-order valence-electron chi connectivity index (χ4n) is 2.65. The fraction of sp³-hybridized carbons (Fsp3) is 0.0476. The number of anilines is 2. The second kappa shape index (κ2) is 8.66. The van der Waals surface area contributed by atoms with E-state index in [4.69, 9.17) is 10.5 Å². The zero-order valence-corrected chi connectivity index (χ0v) is 16.8. The summed E-state index contributed by atoms with van der Waals surface area (Å²) in [6.07, 6.45) is 0. The number of nitrogens with one attached hydrogen (secondary N) is 2. The maximum absolute atomic E-state index is 12.8. The number of ether oxygens (including phenoxy) is 1. The highest BCUT2D eigenvalue weighted by Crippen LogP contribution is 2.29. The molecule has 0 heterocycles. The van der Waals surface area contributed by atoms with Crippen molar-refractivity contribution in [1.29, 1.82) is 0 Å². The van der Waals surface area contributed by atoms with Gasteiger partial charge in [0.2, 0.25) is 5.91 Å². The van der Waals surface area contributed by atoms with Crippen LogP contribution in [0.15, 0.2) is 77.7 Å². The molecular weight excluding hydrogens is 406 g/mol. The zero-order chi connectivity index (χ0) is 21.7. The van der Waals surface area contributed by atoms with Crippen LogP contribution in [0.5, 0.6) is 5.75 Å². The number of amides is 2. The molecule has 0 fully saturated rings. The van der Waals surface area contributed by atoms with Crippen LogP contribution < -0.4 is 20.5 Å². The molecule has 3 rings (SSSR count). The smallest absolute Gasteiger partial charge is 0.261 e. The maximum Gasteiger partial charge on any atom is 0.261 e. The van der Waals surface area contributed by atoms with Crippen molar-refractivity contribution in [3.05, 3.63) is 83.9 Å². The number of methoxy groups -OCH3 is 1. The first-order valence-corrected chi connectivity index (χ1v) is 10.3. The highest BCUT2D eigenvalue weighted by molar-refractivity contribution is 7.92. The van der Waals surface area contributed by atoms with Gasteiger partial charge in [0.05, 0.1) is 17.7 Å². The Morgan fingerprint density at radius 3 is 2.17 bits per heavy atom. The number of sulfonamides is 1. The van der Waals surface area contributed by atoms with Gasteiger partial charge in [-0.2, -0.15) is 0 Å². The molecule has 0 radical (unpaired) electrons. The molecule has 0 aromatic heterocycles. The molecule has 0 unspecified atom stereocenters. The number of benzene rings is 3. The molecule has 0 spiro atoms. The fourth-order valence-corrected chi connectivity index (χ4v) is 3.74. The standard InChI is InChI=1S/C21H19N3O5S/c1-29-19-12-11-17(13-18(19)23-21(26)15-5-3-2-4-6-15)30(27,28)24-16-9-7-14(8-10-16)20(22)25/h2-13,24H,1H3,(H2,22,25)(H,23,26). The Labute approximate surface area is 173 Å². The number of primary amides is 1. The molecule has 0 aliphatic heterocycles. The van der Waals surface area contributed by atoms with Gasteiger partial charge in [-0.15, -0.1) is 0 Å². The van der Waals surface area contributed by atoms with Crippen molar-refractivity contribution < 1.29 is 22.7 Å². The van der Waals surface area contributed by atoms with Crippen LogP contribution in [-0.4, -0.2) is 27.3 Å². The van der Waals surface area contributed by atoms with E-state index in [1.54, 1.807) is 30.3 Å². The van der Waals surface area contributed by atoms with E-state index < -0.39 is 21.8 Å². The average Bonchev–Trinajstić information content (AvgIpc) is 2.74. The Morgan fingerprint density at radius 1 is 0.900 bits per heavy atom. The minimum absolute atomic E-state index is 0.0781. The predicted octanol–water partition coefficient (Wildman–Crippen LogP) is 2.85. The summed E-state index contributed by atoms with van der Waals surface area (Å²) in [5.74, 6) is -0.708. The molecule has 2 amide bonds. The highest BCUT2D eigenvalue weighted by Gasteiger charge is 2.18. The molecule has 0 saturated heterocycles. The third-order valence-electron chi connectivity index (χ3n) is 4.19. The number of hydrogen-bond acceptors (Lipinski definition) is 5. The molecule has 0 bridgehead atoms. The predicted molar refractivity (Wildman–Crippen MR) is 113 cm³/mol. The lowest BCUT2D eigenvalue weighted by atomic mass is 10.2. The van der Waals surface area contributed by atoms with E-state index in [9.17, 15) is 18.0 Å².